The lowest BCUT2D eigenvalue weighted by Gasteiger charge is -2.25. The van der Waals surface area contributed by atoms with Gasteiger partial charge in [0.1, 0.15) is 5.58 Å². The fourth-order valence-electron chi connectivity index (χ4n) is 2.24. The van der Waals surface area contributed by atoms with Crippen LogP contribution in [0.15, 0.2) is 28.7 Å². The molecule has 0 saturated carbocycles. The number of rotatable bonds is 1. The molecular weight excluding hydrogens is 280 g/mol. The van der Waals surface area contributed by atoms with Crippen molar-refractivity contribution in [3.05, 3.63) is 30.0 Å². The van der Waals surface area contributed by atoms with Gasteiger partial charge in [-0.3, -0.25) is 4.79 Å². The van der Waals surface area contributed by atoms with Gasteiger partial charge in [0.2, 0.25) is 0 Å². The monoisotopic (exact) mass is 294 g/mol. The summed E-state index contributed by atoms with van der Waals surface area (Å²) in [6, 6.07) is 6.78. The van der Waals surface area contributed by atoms with Crippen LogP contribution in [0.5, 0.6) is 0 Å². The van der Waals surface area contributed by atoms with Crippen molar-refractivity contribution in [3.63, 3.8) is 0 Å². The molecule has 0 bridgehead atoms. The first-order valence-electron chi connectivity index (χ1n) is 6.23. The van der Waals surface area contributed by atoms with Crippen LogP contribution in [0, 0.1) is 0 Å². The number of carbonyl (C=O) groups excluding carboxylic acids is 1. The number of amides is 1. The predicted octanol–water partition coefficient (Wildman–Crippen LogP) is 0.886. The molecule has 1 aromatic heterocycles. The standard InChI is InChI=1S/C13H14N2O4S/c14-10-1-2-11-9(7-10)8-12(19-11)13(16)15-3-5-20(17,18)6-4-15/h1-2,7-8H,3-6,14H2. The second-order valence-corrected chi connectivity index (χ2v) is 7.16. The normalized spacial score (nSPS) is 18.3. The molecule has 0 unspecified atom stereocenters. The summed E-state index contributed by atoms with van der Waals surface area (Å²) < 4.78 is 28.2. The van der Waals surface area contributed by atoms with Crippen molar-refractivity contribution in [3.8, 4) is 0 Å². The second-order valence-electron chi connectivity index (χ2n) is 4.85. The Labute approximate surface area is 116 Å². The maximum absolute atomic E-state index is 12.3. The number of hydrogen-bond donors (Lipinski definition) is 1. The third kappa shape index (κ3) is 2.36. The molecule has 3 rings (SSSR count). The zero-order valence-electron chi connectivity index (χ0n) is 10.7. The number of furan rings is 1. The summed E-state index contributed by atoms with van der Waals surface area (Å²) in [5, 5.41) is 0.762. The zero-order valence-corrected chi connectivity index (χ0v) is 11.5. The first-order chi connectivity index (χ1) is 9.44. The maximum atomic E-state index is 12.3. The molecule has 0 spiro atoms. The van der Waals surface area contributed by atoms with Gasteiger partial charge < -0.3 is 15.1 Å². The number of sulfone groups is 1. The Bertz CT molecular complexity index is 765. The van der Waals surface area contributed by atoms with Crippen LogP contribution in [0.1, 0.15) is 10.6 Å². The molecule has 7 heteroatoms. The molecule has 2 N–H and O–H groups in total. The van der Waals surface area contributed by atoms with E-state index in [1.807, 2.05) is 0 Å². The van der Waals surface area contributed by atoms with Crippen molar-refractivity contribution in [2.24, 2.45) is 0 Å². The molecule has 0 radical (unpaired) electrons. The van der Waals surface area contributed by atoms with Gasteiger partial charge in [-0.1, -0.05) is 0 Å². The number of anilines is 1. The van der Waals surface area contributed by atoms with E-state index in [2.05, 4.69) is 0 Å². The number of benzene rings is 1. The van der Waals surface area contributed by atoms with Crippen molar-refractivity contribution < 1.29 is 17.6 Å². The Hall–Kier alpha value is -2.02. The largest absolute Gasteiger partial charge is 0.451 e. The van der Waals surface area contributed by atoms with Gasteiger partial charge in [0, 0.05) is 24.2 Å². The Kier molecular flexibility index (Phi) is 2.93. The average molecular weight is 294 g/mol. The molecule has 1 fully saturated rings. The van der Waals surface area contributed by atoms with Crippen LogP contribution in [-0.2, 0) is 9.84 Å². The number of nitrogens with zero attached hydrogens (tertiary/aromatic N) is 1. The molecule has 1 aliphatic heterocycles. The van der Waals surface area contributed by atoms with E-state index in [0.29, 0.717) is 11.3 Å². The lowest BCUT2D eigenvalue weighted by atomic mass is 10.2. The van der Waals surface area contributed by atoms with Crippen LogP contribution in [-0.4, -0.2) is 43.8 Å². The molecule has 20 heavy (non-hydrogen) atoms. The van der Waals surface area contributed by atoms with Gasteiger partial charge in [0.25, 0.3) is 5.91 Å². The van der Waals surface area contributed by atoms with Crippen LogP contribution in [0.4, 0.5) is 5.69 Å². The molecule has 1 saturated heterocycles. The van der Waals surface area contributed by atoms with Gasteiger partial charge in [-0.15, -0.1) is 0 Å². The zero-order chi connectivity index (χ0) is 14.3. The Morgan fingerprint density at radius 3 is 2.60 bits per heavy atom. The van der Waals surface area contributed by atoms with Crippen molar-refractivity contribution in [2.75, 3.05) is 30.3 Å². The molecule has 106 valence electrons. The maximum Gasteiger partial charge on any atom is 0.289 e. The van der Waals surface area contributed by atoms with E-state index in [-0.39, 0.29) is 36.3 Å². The van der Waals surface area contributed by atoms with E-state index in [9.17, 15) is 13.2 Å². The number of nitrogen functional groups attached to an aromatic ring is 1. The van der Waals surface area contributed by atoms with E-state index in [0.717, 1.165) is 5.39 Å². The second kappa shape index (κ2) is 4.52. The molecule has 1 aromatic carbocycles. The predicted molar refractivity (Wildman–Crippen MR) is 75.2 cm³/mol. The Morgan fingerprint density at radius 1 is 1.20 bits per heavy atom. The molecule has 2 aromatic rings. The lowest BCUT2D eigenvalue weighted by Crippen LogP contribution is -2.43. The Morgan fingerprint density at radius 2 is 1.90 bits per heavy atom. The number of nitrogens with two attached hydrogens (primary N) is 1. The minimum atomic E-state index is -3.00. The first-order valence-corrected chi connectivity index (χ1v) is 8.05. The minimum absolute atomic E-state index is 0.00587. The SMILES string of the molecule is Nc1ccc2oc(C(=O)N3CCS(=O)(=O)CC3)cc2c1. The molecule has 0 aliphatic carbocycles. The van der Waals surface area contributed by atoms with E-state index in [1.165, 1.54) is 4.90 Å². The third-order valence-electron chi connectivity index (χ3n) is 3.38. The van der Waals surface area contributed by atoms with Crippen LogP contribution in [0.2, 0.25) is 0 Å². The molecular formula is C13H14N2O4S. The highest BCUT2D eigenvalue weighted by Crippen LogP contribution is 2.23. The van der Waals surface area contributed by atoms with Crippen molar-refractivity contribution in [2.45, 2.75) is 0 Å². The van der Waals surface area contributed by atoms with Crippen molar-refractivity contribution in [1.82, 2.24) is 4.90 Å². The van der Waals surface area contributed by atoms with E-state index >= 15 is 0 Å². The molecule has 0 atom stereocenters. The van der Waals surface area contributed by atoms with Gasteiger partial charge in [-0.2, -0.15) is 0 Å². The van der Waals surface area contributed by atoms with Crippen molar-refractivity contribution in [1.29, 1.82) is 0 Å². The van der Waals surface area contributed by atoms with Gasteiger partial charge in [0.05, 0.1) is 11.5 Å². The fraction of sp³-hybridized carbons (Fsp3) is 0.308. The van der Waals surface area contributed by atoms with Crippen LogP contribution < -0.4 is 5.73 Å². The average Bonchev–Trinajstić information content (AvgIpc) is 2.80. The van der Waals surface area contributed by atoms with Gasteiger partial charge in [-0.25, -0.2) is 8.42 Å². The molecule has 1 amide bonds. The van der Waals surface area contributed by atoms with Crippen LogP contribution in [0.3, 0.4) is 0 Å². The van der Waals surface area contributed by atoms with E-state index in [4.69, 9.17) is 10.2 Å². The summed E-state index contributed by atoms with van der Waals surface area (Å²) in [6.07, 6.45) is 0. The smallest absolute Gasteiger partial charge is 0.289 e. The van der Waals surface area contributed by atoms with Gasteiger partial charge in [0.15, 0.2) is 15.6 Å². The van der Waals surface area contributed by atoms with Crippen molar-refractivity contribution >= 4 is 32.4 Å². The molecule has 6 nitrogen and oxygen atoms in total. The Balaban J connectivity index is 1.86. The molecule has 2 heterocycles. The highest BCUT2D eigenvalue weighted by atomic mass is 32.2. The molecule has 1 aliphatic rings. The highest BCUT2D eigenvalue weighted by Gasteiger charge is 2.27. The van der Waals surface area contributed by atoms with Crippen LogP contribution in [0.25, 0.3) is 11.0 Å². The summed E-state index contributed by atoms with van der Waals surface area (Å²) in [5.41, 5.74) is 6.87. The topological polar surface area (TPSA) is 93.6 Å². The van der Waals surface area contributed by atoms with E-state index < -0.39 is 9.84 Å². The number of carbonyl (C=O) groups is 1. The van der Waals surface area contributed by atoms with Crippen LogP contribution >= 0.6 is 0 Å². The first kappa shape index (κ1) is 13.0. The van der Waals surface area contributed by atoms with E-state index in [1.54, 1.807) is 24.3 Å². The minimum Gasteiger partial charge on any atom is -0.451 e. The quantitative estimate of drug-likeness (QED) is 0.788. The third-order valence-corrected chi connectivity index (χ3v) is 4.99. The summed E-state index contributed by atoms with van der Waals surface area (Å²) in [7, 11) is -3.00. The van der Waals surface area contributed by atoms with Gasteiger partial charge >= 0.3 is 0 Å². The number of fused-ring (bicyclic) bond motifs is 1. The lowest BCUT2D eigenvalue weighted by molar-refractivity contribution is 0.0741. The number of hydrogen-bond acceptors (Lipinski definition) is 5. The highest BCUT2D eigenvalue weighted by molar-refractivity contribution is 7.91. The van der Waals surface area contributed by atoms with Gasteiger partial charge in [-0.05, 0) is 24.3 Å². The summed E-state index contributed by atoms with van der Waals surface area (Å²) >= 11 is 0. The summed E-state index contributed by atoms with van der Waals surface area (Å²) in [6.45, 7) is 0.417. The summed E-state index contributed by atoms with van der Waals surface area (Å²) in [5.74, 6) is -0.0581. The summed E-state index contributed by atoms with van der Waals surface area (Å²) in [4.78, 5) is 13.8. The fourth-order valence-corrected chi connectivity index (χ4v) is 3.44.